The highest BCUT2D eigenvalue weighted by molar-refractivity contribution is 5.64. The SMILES string of the molecule is CCCNc1nc(C2CC2)nc(-c2ccco2)c1C. The van der Waals surface area contributed by atoms with E-state index in [1.165, 1.54) is 12.8 Å². The number of anilines is 1. The van der Waals surface area contributed by atoms with E-state index in [4.69, 9.17) is 9.40 Å². The van der Waals surface area contributed by atoms with Crippen molar-refractivity contribution in [1.82, 2.24) is 9.97 Å². The maximum Gasteiger partial charge on any atom is 0.152 e. The van der Waals surface area contributed by atoms with E-state index in [2.05, 4.69) is 17.2 Å². The Morgan fingerprint density at radius 3 is 2.84 bits per heavy atom. The van der Waals surface area contributed by atoms with Crippen LogP contribution in [0.1, 0.15) is 43.5 Å². The summed E-state index contributed by atoms with van der Waals surface area (Å²) in [5.74, 6) is 3.26. The van der Waals surface area contributed by atoms with Crippen LogP contribution in [-0.2, 0) is 0 Å². The molecule has 0 amide bonds. The van der Waals surface area contributed by atoms with Crippen LogP contribution in [0.4, 0.5) is 5.82 Å². The lowest BCUT2D eigenvalue weighted by atomic mass is 10.1. The molecule has 4 heteroatoms. The molecule has 19 heavy (non-hydrogen) atoms. The molecule has 3 rings (SSSR count). The van der Waals surface area contributed by atoms with Crippen LogP contribution in [0, 0.1) is 6.92 Å². The topological polar surface area (TPSA) is 51.0 Å². The fourth-order valence-corrected chi connectivity index (χ4v) is 2.13. The maximum atomic E-state index is 5.50. The monoisotopic (exact) mass is 257 g/mol. The molecule has 1 N–H and O–H groups in total. The summed E-state index contributed by atoms with van der Waals surface area (Å²) in [5.41, 5.74) is 1.98. The second-order valence-electron chi connectivity index (χ2n) is 5.08. The van der Waals surface area contributed by atoms with Crippen molar-refractivity contribution in [1.29, 1.82) is 0 Å². The van der Waals surface area contributed by atoms with E-state index in [0.29, 0.717) is 5.92 Å². The molecule has 0 aromatic carbocycles. The summed E-state index contributed by atoms with van der Waals surface area (Å²) < 4.78 is 5.50. The van der Waals surface area contributed by atoms with E-state index in [1.807, 2.05) is 19.1 Å². The van der Waals surface area contributed by atoms with E-state index in [0.717, 1.165) is 41.6 Å². The lowest BCUT2D eigenvalue weighted by Gasteiger charge is -2.12. The van der Waals surface area contributed by atoms with Gasteiger partial charge < -0.3 is 9.73 Å². The molecule has 1 aliphatic carbocycles. The second kappa shape index (κ2) is 5.03. The van der Waals surface area contributed by atoms with E-state index in [1.54, 1.807) is 6.26 Å². The highest BCUT2D eigenvalue weighted by Crippen LogP contribution is 2.40. The fourth-order valence-electron chi connectivity index (χ4n) is 2.13. The number of furan rings is 1. The van der Waals surface area contributed by atoms with E-state index in [-0.39, 0.29) is 0 Å². The molecular formula is C15H19N3O. The summed E-state index contributed by atoms with van der Waals surface area (Å²) in [6, 6.07) is 3.85. The van der Waals surface area contributed by atoms with Gasteiger partial charge in [0.2, 0.25) is 0 Å². The smallest absolute Gasteiger partial charge is 0.152 e. The molecule has 0 aliphatic heterocycles. The predicted molar refractivity (Wildman–Crippen MR) is 75.2 cm³/mol. The average molecular weight is 257 g/mol. The normalized spacial score (nSPS) is 14.6. The molecule has 0 atom stereocenters. The molecule has 1 aliphatic rings. The Bertz CT molecular complexity index is 559. The predicted octanol–water partition coefficient (Wildman–Crippen LogP) is 3.74. The molecule has 0 bridgehead atoms. The van der Waals surface area contributed by atoms with Crippen LogP contribution in [0.15, 0.2) is 22.8 Å². The molecule has 2 aromatic rings. The Balaban J connectivity index is 2.03. The first-order chi connectivity index (χ1) is 9.29. The van der Waals surface area contributed by atoms with E-state index >= 15 is 0 Å². The van der Waals surface area contributed by atoms with Gasteiger partial charge in [0.15, 0.2) is 5.76 Å². The Morgan fingerprint density at radius 1 is 1.37 bits per heavy atom. The van der Waals surface area contributed by atoms with Gasteiger partial charge in [-0.3, -0.25) is 0 Å². The van der Waals surface area contributed by atoms with E-state index in [9.17, 15) is 0 Å². The van der Waals surface area contributed by atoms with Crippen LogP contribution < -0.4 is 5.32 Å². The van der Waals surface area contributed by atoms with Crippen LogP contribution in [-0.4, -0.2) is 16.5 Å². The van der Waals surface area contributed by atoms with Gasteiger partial charge in [-0.1, -0.05) is 6.92 Å². The first-order valence-electron chi connectivity index (χ1n) is 6.96. The van der Waals surface area contributed by atoms with Crippen LogP contribution in [0.5, 0.6) is 0 Å². The molecule has 0 spiro atoms. The Hall–Kier alpha value is -1.84. The first kappa shape index (κ1) is 12.2. The summed E-state index contributed by atoms with van der Waals surface area (Å²) in [6.07, 6.45) is 5.17. The molecule has 2 heterocycles. The minimum absolute atomic E-state index is 0.538. The summed E-state index contributed by atoms with van der Waals surface area (Å²) in [4.78, 5) is 9.38. The standard InChI is InChI=1S/C15H19N3O/c1-3-8-16-14-10(2)13(12-5-4-9-19-12)17-15(18-14)11-6-7-11/h4-5,9,11H,3,6-8H2,1-2H3,(H,16,17,18). The Morgan fingerprint density at radius 2 is 2.21 bits per heavy atom. The molecule has 0 saturated heterocycles. The highest BCUT2D eigenvalue weighted by atomic mass is 16.3. The minimum atomic E-state index is 0.538. The summed E-state index contributed by atoms with van der Waals surface area (Å²) in [7, 11) is 0. The lowest BCUT2D eigenvalue weighted by molar-refractivity contribution is 0.578. The van der Waals surface area contributed by atoms with Crippen LogP contribution in [0.2, 0.25) is 0 Å². The fraction of sp³-hybridized carbons (Fsp3) is 0.467. The van der Waals surface area contributed by atoms with E-state index < -0.39 is 0 Å². The molecule has 0 radical (unpaired) electrons. The summed E-state index contributed by atoms with van der Waals surface area (Å²) >= 11 is 0. The number of nitrogens with one attached hydrogen (secondary N) is 1. The van der Waals surface area contributed by atoms with Gasteiger partial charge in [0.1, 0.15) is 17.3 Å². The van der Waals surface area contributed by atoms with Crippen molar-refractivity contribution in [3.8, 4) is 11.5 Å². The average Bonchev–Trinajstić information content (AvgIpc) is 3.13. The van der Waals surface area contributed by atoms with Gasteiger partial charge in [-0.05, 0) is 38.3 Å². The zero-order valence-electron chi connectivity index (χ0n) is 11.4. The van der Waals surface area contributed by atoms with Crippen molar-refractivity contribution >= 4 is 5.82 Å². The molecule has 100 valence electrons. The summed E-state index contributed by atoms with van der Waals surface area (Å²) in [5, 5.41) is 3.40. The number of aromatic nitrogens is 2. The van der Waals surface area contributed by atoms with Gasteiger partial charge in [-0.15, -0.1) is 0 Å². The van der Waals surface area contributed by atoms with Gasteiger partial charge in [0, 0.05) is 18.0 Å². The quantitative estimate of drug-likeness (QED) is 0.886. The van der Waals surface area contributed by atoms with Crippen molar-refractivity contribution in [3.63, 3.8) is 0 Å². The largest absolute Gasteiger partial charge is 0.463 e. The molecule has 0 unspecified atom stereocenters. The molecular weight excluding hydrogens is 238 g/mol. The van der Waals surface area contributed by atoms with Gasteiger partial charge in [0.25, 0.3) is 0 Å². The number of hydrogen-bond acceptors (Lipinski definition) is 4. The van der Waals surface area contributed by atoms with Crippen molar-refractivity contribution in [3.05, 3.63) is 29.8 Å². The number of hydrogen-bond donors (Lipinski definition) is 1. The van der Waals surface area contributed by atoms with Crippen molar-refractivity contribution < 1.29 is 4.42 Å². The van der Waals surface area contributed by atoms with Crippen LogP contribution in [0.25, 0.3) is 11.5 Å². The number of nitrogens with zero attached hydrogens (tertiary/aromatic N) is 2. The third kappa shape index (κ3) is 2.48. The van der Waals surface area contributed by atoms with Crippen molar-refractivity contribution in [2.24, 2.45) is 0 Å². The highest BCUT2D eigenvalue weighted by Gasteiger charge is 2.28. The van der Waals surface area contributed by atoms with Crippen LogP contribution in [0.3, 0.4) is 0 Å². The van der Waals surface area contributed by atoms with Gasteiger partial charge in [-0.25, -0.2) is 9.97 Å². The third-order valence-corrected chi connectivity index (χ3v) is 3.40. The lowest BCUT2D eigenvalue weighted by Crippen LogP contribution is -2.08. The van der Waals surface area contributed by atoms with Crippen molar-refractivity contribution in [2.75, 3.05) is 11.9 Å². The molecule has 1 saturated carbocycles. The second-order valence-corrected chi connectivity index (χ2v) is 5.08. The summed E-state index contributed by atoms with van der Waals surface area (Å²) in [6.45, 7) is 5.13. The maximum absolute atomic E-state index is 5.50. The van der Waals surface area contributed by atoms with Gasteiger partial charge in [0.05, 0.1) is 6.26 Å². The van der Waals surface area contributed by atoms with Crippen molar-refractivity contribution in [2.45, 2.75) is 39.0 Å². The first-order valence-corrected chi connectivity index (χ1v) is 6.96. The third-order valence-electron chi connectivity index (χ3n) is 3.40. The Labute approximate surface area is 113 Å². The molecule has 4 nitrogen and oxygen atoms in total. The zero-order chi connectivity index (χ0) is 13.2. The Kier molecular flexibility index (Phi) is 3.23. The molecule has 1 fully saturated rings. The van der Waals surface area contributed by atoms with Gasteiger partial charge >= 0.3 is 0 Å². The van der Waals surface area contributed by atoms with Gasteiger partial charge in [-0.2, -0.15) is 0 Å². The zero-order valence-corrected chi connectivity index (χ0v) is 11.4. The van der Waals surface area contributed by atoms with Crippen LogP contribution >= 0.6 is 0 Å². The molecule has 2 aromatic heterocycles. The minimum Gasteiger partial charge on any atom is -0.463 e. The number of rotatable bonds is 5.